The average molecular weight is 525 g/mol. The molecule has 0 aliphatic carbocycles. The maximum Gasteiger partial charge on any atom is 0.335 e. The monoisotopic (exact) mass is 524 g/mol. The number of fused-ring (bicyclic) bond motifs is 1. The summed E-state index contributed by atoms with van der Waals surface area (Å²) in [5, 5.41) is 0. The zero-order valence-electron chi connectivity index (χ0n) is 22.1. The van der Waals surface area contributed by atoms with Crippen LogP contribution in [0.1, 0.15) is 61.6 Å². The second kappa shape index (κ2) is 10.8. The molecule has 2 aliphatic rings. The van der Waals surface area contributed by atoms with Gasteiger partial charge in [-0.05, 0) is 22.2 Å². The molecule has 11 heteroatoms. The summed E-state index contributed by atoms with van der Waals surface area (Å²) in [6.45, 7) is 17.4. The molecule has 1 N–H and O–H groups in total. The summed E-state index contributed by atoms with van der Waals surface area (Å²) >= 11 is 0. The van der Waals surface area contributed by atoms with Gasteiger partial charge in [0.1, 0.15) is 24.9 Å². The van der Waals surface area contributed by atoms with Crippen molar-refractivity contribution in [2.24, 2.45) is 0 Å². The summed E-state index contributed by atoms with van der Waals surface area (Å²) in [5.74, 6) is 2.50. The Balaban J connectivity index is 2.15. The molecule has 0 unspecified atom stereocenters. The second-order valence-electron chi connectivity index (χ2n) is 10.6. The highest BCUT2D eigenvalue weighted by molar-refractivity contribution is 6.83. The van der Waals surface area contributed by atoms with Gasteiger partial charge in [-0.25, -0.2) is 4.79 Å². The van der Waals surface area contributed by atoms with E-state index < -0.39 is 52.9 Å². The van der Waals surface area contributed by atoms with E-state index in [4.69, 9.17) is 28.9 Å². The van der Waals surface area contributed by atoms with E-state index in [0.29, 0.717) is 0 Å². The minimum absolute atomic E-state index is 0.0194. The van der Waals surface area contributed by atoms with E-state index in [1.165, 1.54) is 16.8 Å². The zero-order chi connectivity index (χ0) is 26.1. The predicted molar refractivity (Wildman–Crippen MR) is 138 cm³/mol. The standard InChI is InChI=1S/C24H40N2O7Si2/c1-10-13-29-22-21-19(31-23(22)26-12-11-20(27)25-24(26)28)14-30-34(15(2)3,16(4)5)33-35(32-21,17(6)7)18(8)9/h1,11-12,15-19,21-23H,13-14H2,2-9H3,(H,25,27,28)/t19-,21-,22-,23-/m1/s1. The fourth-order valence-electron chi connectivity index (χ4n) is 5.30. The Morgan fingerprint density at radius 2 is 1.69 bits per heavy atom. The highest BCUT2D eigenvalue weighted by atomic mass is 28.5. The first-order valence-electron chi connectivity index (χ1n) is 12.4. The van der Waals surface area contributed by atoms with Gasteiger partial charge in [0.25, 0.3) is 5.56 Å². The molecule has 1 aromatic heterocycles. The van der Waals surface area contributed by atoms with Crippen LogP contribution in [-0.2, 0) is 22.4 Å². The van der Waals surface area contributed by atoms with Crippen LogP contribution in [0.3, 0.4) is 0 Å². The second-order valence-corrected chi connectivity index (χ2v) is 19.5. The van der Waals surface area contributed by atoms with Crippen LogP contribution in [0.15, 0.2) is 21.9 Å². The van der Waals surface area contributed by atoms with Gasteiger partial charge >= 0.3 is 22.8 Å². The molecule has 2 aliphatic heterocycles. The molecule has 0 bridgehead atoms. The number of hydrogen-bond acceptors (Lipinski definition) is 7. The molecule has 9 nitrogen and oxygen atoms in total. The van der Waals surface area contributed by atoms with Gasteiger partial charge < -0.3 is 22.4 Å². The Morgan fingerprint density at radius 1 is 1.09 bits per heavy atom. The van der Waals surface area contributed by atoms with Gasteiger partial charge in [-0.3, -0.25) is 14.3 Å². The highest BCUT2D eigenvalue weighted by Gasteiger charge is 2.62. The smallest absolute Gasteiger partial charge is 0.335 e. The summed E-state index contributed by atoms with van der Waals surface area (Å²) in [4.78, 5) is 26.6. The fraction of sp³-hybridized carbons (Fsp3) is 0.750. The first-order valence-corrected chi connectivity index (χ1v) is 16.4. The molecule has 0 spiro atoms. The van der Waals surface area contributed by atoms with E-state index in [1.807, 2.05) is 0 Å². The largest absolute Gasteiger partial charge is 0.414 e. The molecule has 0 radical (unpaired) electrons. The Labute approximate surface area is 210 Å². The number of rotatable bonds is 7. The molecule has 1 aromatic rings. The lowest BCUT2D eigenvalue weighted by Crippen LogP contribution is -2.66. The molecule has 0 saturated carbocycles. The van der Waals surface area contributed by atoms with E-state index in [9.17, 15) is 9.59 Å². The Kier molecular flexibility index (Phi) is 8.69. The normalized spacial score (nSPS) is 28.2. The van der Waals surface area contributed by atoms with Gasteiger partial charge in [0, 0.05) is 12.3 Å². The third kappa shape index (κ3) is 5.16. The number of H-pyrrole nitrogens is 1. The van der Waals surface area contributed by atoms with Crippen molar-refractivity contribution in [1.82, 2.24) is 9.55 Å². The third-order valence-electron chi connectivity index (χ3n) is 7.10. The Hall–Kier alpha value is -1.53. The van der Waals surface area contributed by atoms with Crippen molar-refractivity contribution >= 4 is 17.1 Å². The molecular formula is C24H40N2O7Si2. The zero-order valence-corrected chi connectivity index (χ0v) is 24.1. The van der Waals surface area contributed by atoms with Gasteiger partial charge in [0.05, 0.1) is 6.61 Å². The van der Waals surface area contributed by atoms with Crippen molar-refractivity contribution in [2.45, 2.75) is 102 Å². The van der Waals surface area contributed by atoms with Crippen LogP contribution >= 0.6 is 0 Å². The van der Waals surface area contributed by atoms with Gasteiger partial charge in [0.2, 0.25) is 0 Å². The molecule has 196 valence electrons. The molecule has 0 aromatic carbocycles. The average Bonchev–Trinajstić information content (AvgIpc) is 3.07. The minimum Gasteiger partial charge on any atom is -0.414 e. The number of aromatic amines is 1. The number of aromatic nitrogens is 2. The quantitative estimate of drug-likeness (QED) is 0.431. The number of ether oxygens (including phenoxy) is 2. The van der Waals surface area contributed by atoms with Gasteiger partial charge in [0.15, 0.2) is 6.23 Å². The lowest BCUT2D eigenvalue weighted by Gasteiger charge is -2.51. The number of hydrogen-bond donors (Lipinski definition) is 1. The van der Waals surface area contributed by atoms with E-state index >= 15 is 0 Å². The first-order chi connectivity index (χ1) is 16.4. The van der Waals surface area contributed by atoms with Crippen LogP contribution in [0, 0.1) is 12.3 Å². The van der Waals surface area contributed by atoms with E-state index in [2.05, 4.69) is 66.3 Å². The summed E-state index contributed by atoms with van der Waals surface area (Å²) in [6.07, 6.45) is 4.32. The summed E-state index contributed by atoms with van der Waals surface area (Å²) in [7, 11) is -5.66. The van der Waals surface area contributed by atoms with Crippen molar-refractivity contribution in [3.05, 3.63) is 33.1 Å². The number of nitrogens with zero attached hydrogens (tertiary/aromatic N) is 1. The van der Waals surface area contributed by atoms with Crippen LogP contribution in [0.25, 0.3) is 0 Å². The minimum atomic E-state index is -2.92. The van der Waals surface area contributed by atoms with Crippen LogP contribution in [0.5, 0.6) is 0 Å². The number of terminal acetylenes is 1. The maximum atomic E-state index is 12.7. The highest BCUT2D eigenvalue weighted by Crippen LogP contribution is 2.48. The Morgan fingerprint density at radius 3 is 2.20 bits per heavy atom. The number of nitrogens with one attached hydrogen (secondary N) is 1. The van der Waals surface area contributed by atoms with Gasteiger partial charge in [-0.1, -0.05) is 61.3 Å². The SMILES string of the molecule is C#CCO[C@@H]1[C@@H]2O[Si](C(C)C)(C(C)C)O[Si](C(C)C)(C(C)C)OC[C@H]2O[C@H]1n1ccc(=O)[nH]c1=O. The molecule has 2 saturated heterocycles. The van der Waals surface area contributed by atoms with E-state index in [1.54, 1.807) is 0 Å². The van der Waals surface area contributed by atoms with Gasteiger partial charge in [-0.15, -0.1) is 6.42 Å². The van der Waals surface area contributed by atoms with Gasteiger partial charge in [-0.2, -0.15) is 0 Å². The van der Waals surface area contributed by atoms with Crippen molar-refractivity contribution in [2.75, 3.05) is 13.2 Å². The lowest BCUT2D eigenvalue weighted by molar-refractivity contribution is -0.0676. The van der Waals surface area contributed by atoms with Crippen LogP contribution in [0.4, 0.5) is 0 Å². The molecule has 3 heterocycles. The topological polar surface area (TPSA) is 101 Å². The fourth-order valence-corrected chi connectivity index (χ4v) is 16.5. The van der Waals surface area contributed by atoms with Crippen LogP contribution < -0.4 is 11.2 Å². The van der Waals surface area contributed by atoms with Crippen molar-refractivity contribution in [3.8, 4) is 12.3 Å². The maximum absolute atomic E-state index is 12.7. The summed E-state index contributed by atoms with van der Waals surface area (Å²) < 4.78 is 34.8. The third-order valence-corrected chi connectivity index (χ3v) is 17.3. The molecule has 2 fully saturated rings. The first kappa shape index (κ1) is 28.1. The predicted octanol–water partition coefficient (Wildman–Crippen LogP) is 3.41. The molecule has 3 rings (SSSR count). The Bertz CT molecular complexity index is 1010. The van der Waals surface area contributed by atoms with Crippen molar-refractivity contribution in [3.63, 3.8) is 0 Å². The van der Waals surface area contributed by atoms with Crippen molar-refractivity contribution in [1.29, 1.82) is 0 Å². The molecule has 4 atom stereocenters. The summed E-state index contributed by atoms with van der Waals surface area (Å²) in [6, 6.07) is 1.28. The van der Waals surface area contributed by atoms with Crippen LogP contribution in [-0.4, -0.2) is 58.2 Å². The lowest BCUT2D eigenvalue weighted by atomic mass is 10.1. The molecule has 0 amide bonds. The molecule has 35 heavy (non-hydrogen) atoms. The van der Waals surface area contributed by atoms with E-state index in [-0.39, 0.29) is 35.4 Å². The van der Waals surface area contributed by atoms with Crippen LogP contribution in [0.2, 0.25) is 22.2 Å². The molecular weight excluding hydrogens is 484 g/mol. The van der Waals surface area contributed by atoms with Crippen molar-refractivity contribution < 1.29 is 22.4 Å². The summed E-state index contributed by atoms with van der Waals surface area (Å²) in [5.41, 5.74) is -0.443. The van der Waals surface area contributed by atoms with E-state index in [0.717, 1.165) is 0 Å².